The molecule has 4 aromatic rings. The average molecular weight is 457 g/mol. The zero-order chi connectivity index (χ0) is 23.9. The zero-order valence-corrected chi connectivity index (χ0v) is 18.8. The van der Waals surface area contributed by atoms with E-state index < -0.39 is 0 Å². The Balaban J connectivity index is 1.79. The van der Waals surface area contributed by atoms with E-state index in [0.29, 0.717) is 46.1 Å². The number of hydrogen-bond donors (Lipinski definition) is 3. The van der Waals surface area contributed by atoms with Crippen LogP contribution in [0.5, 0.6) is 5.75 Å². The molecule has 2 heterocycles. The molecule has 0 bridgehead atoms. The number of amides is 2. The van der Waals surface area contributed by atoms with Crippen molar-refractivity contribution in [1.82, 2.24) is 25.6 Å². The number of rotatable bonds is 8. The van der Waals surface area contributed by atoms with Gasteiger partial charge < -0.3 is 20.7 Å². The molecule has 0 saturated heterocycles. The number of para-hydroxylation sites is 1. The number of hydrogen-bond acceptors (Lipinski definition) is 7. The van der Waals surface area contributed by atoms with E-state index in [4.69, 9.17) is 9.72 Å². The van der Waals surface area contributed by atoms with Crippen molar-refractivity contribution in [3.8, 4) is 17.1 Å². The maximum absolute atomic E-state index is 12.4. The van der Waals surface area contributed by atoms with Crippen LogP contribution in [-0.2, 0) is 4.79 Å². The third-order valence-electron chi connectivity index (χ3n) is 4.98. The predicted octanol–water partition coefficient (Wildman–Crippen LogP) is 3.31. The Kier molecular flexibility index (Phi) is 6.92. The molecule has 0 unspecified atom stereocenters. The molecule has 0 aliphatic carbocycles. The number of carbonyl (C=O) groups excluding carboxylic acids is 2. The van der Waals surface area contributed by atoms with Crippen LogP contribution in [0.4, 0.5) is 11.5 Å². The molecule has 0 aliphatic rings. The molecule has 4 rings (SSSR count). The molecule has 172 valence electrons. The van der Waals surface area contributed by atoms with E-state index in [1.807, 2.05) is 25.1 Å². The van der Waals surface area contributed by atoms with Crippen molar-refractivity contribution in [2.45, 2.75) is 6.92 Å². The van der Waals surface area contributed by atoms with Gasteiger partial charge in [-0.25, -0.2) is 9.97 Å². The fourth-order valence-electron chi connectivity index (χ4n) is 3.37. The second-order valence-corrected chi connectivity index (χ2v) is 7.31. The van der Waals surface area contributed by atoms with Crippen LogP contribution in [0.25, 0.3) is 22.3 Å². The largest absolute Gasteiger partial charge is 0.484 e. The number of anilines is 2. The number of fused-ring (bicyclic) bond motifs is 1. The van der Waals surface area contributed by atoms with Crippen LogP contribution in [0.15, 0.2) is 67.0 Å². The molecular formula is C25H24N6O3. The molecule has 34 heavy (non-hydrogen) atoms. The molecule has 9 nitrogen and oxygen atoms in total. The molecule has 2 aromatic carbocycles. The summed E-state index contributed by atoms with van der Waals surface area (Å²) >= 11 is 0. The SMILES string of the molecule is CCNC(=O)COc1ccc2nc(-c3cccnc3)nc(Nc3ccccc3C(=O)NC)c2c1. The lowest BCUT2D eigenvalue weighted by atomic mass is 10.1. The summed E-state index contributed by atoms with van der Waals surface area (Å²) in [5.74, 6) is 1.04. The fraction of sp³-hybridized carbons (Fsp3) is 0.160. The molecule has 0 aliphatic heterocycles. The molecule has 9 heteroatoms. The van der Waals surface area contributed by atoms with Crippen LogP contribution >= 0.6 is 0 Å². The Morgan fingerprint density at radius 1 is 1.03 bits per heavy atom. The van der Waals surface area contributed by atoms with Gasteiger partial charge in [0.1, 0.15) is 11.6 Å². The highest BCUT2D eigenvalue weighted by Crippen LogP contribution is 2.31. The molecule has 0 atom stereocenters. The van der Waals surface area contributed by atoms with Gasteiger partial charge in [-0.2, -0.15) is 0 Å². The summed E-state index contributed by atoms with van der Waals surface area (Å²) in [6.07, 6.45) is 3.37. The minimum atomic E-state index is -0.222. The Bertz CT molecular complexity index is 1330. The fourth-order valence-corrected chi connectivity index (χ4v) is 3.37. The number of nitrogens with zero attached hydrogens (tertiary/aromatic N) is 3. The van der Waals surface area contributed by atoms with Crippen LogP contribution in [0.1, 0.15) is 17.3 Å². The Hall–Kier alpha value is -4.53. The number of likely N-dealkylation sites (N-methyl/N-ethyl adjacent to an activating group) is 1. The third-order valence-corrected chi connectivity index (χ3v) is 4.98. The maximum atomic E-state index is 12.4. The maximum Gasteiger partial charge on any atom is 0.257 e. The number of aromatic nitrogens is 3. The topological polar surface area (TPSA) is 118 Å². The summed E-state index contributed by atoms with van der Waals surface area (Å²) in [4.78, 5) is 37.8. The second kappa shape index (κ2) is 10.4. The monoisotopic (exact) mass is 456 g/mol. The van der Waals surface area contributed by atoms with E-state index in [9.17, 15) is 9.59 Å². The van der Waals surface area contributed by atoms with Gasteiger partial charge in [0.05, 0.1) is 16.8 Å². The first-order chi connectivity index (χ1) is 16.6. The first-order valence-corrected chi connectivity index (χ1v) is 10.8. The summed E-state index contributed by atoms with van der Waals surface area (Å²) in [5.41, 5.74) is 2.48. The van der Waals surface area contributed by atoms with Gasteiger partial charge in [0.15, 0.2) is 12.4 Å². The Morgan fingerprint density at radius 3 is 2.65 bits per heavy atom. The van der Waals surface area contributed by atoms with E-state index >= 15 is 0 Å². The van der Waals surface area contributed by atoms with Crippen molar-refractivity contribution >= 4 is 34.2 Å². The standard InChI is InChI=1S/C25H24N6O3/c1-3-28-22(32)15-34-17-10-11-21-19(13-17)24(31-23(29-21)16-7-6-12-27-14-16)30-20-9-5-4-8-18(20)25(33)26-2/h4-14H,3,15H2,1-2H3,(H,26,33)(H,28,32)(H,29,30,31). The highest BCUT2D eigenvalue weighted by atomic mass is 16.5. The quantitative estimate of drug-likeness (QED) is 0.372. The van der Waals surface area contributed by atoms with E-state index in [2.05, 4.69) is 25.9 Å². The van der Waals surface area contributed by atoms with Crippen molar-refractivity contribution in [3.05, 3.63) is 72.6 Å². The number of carbonyl (C=O) groups is 2. The highest BCUT2D eigenvalue weighted by molar-refractivity contribution is 6.01. The van der Waals surface area contributed by atoms with Gasteiger partial charge in [0.25, 0.3) is 11.8 Å². The average Bonchev–Trinajstić information content (AvgIpc) is 2.88. The lowest BCUT2D eigenvalue weighted by molar-refractivity contribution is -0.122. The smallest absolute Gasteiger partial charge is 0.257 e. The van der Waals surface area contributed by atoms with Crippen molar-refractivity contribution in [2.75, 3.05) is 25.5 Å². The number of nitrogens with one attached hydrogen (secondary N) is 3. The van der Waals surface area contributed by atoms with Crippen molar-refractivity contribution in [1.29, 1.82) is 0 Å². The molecule has 2 amide bonds. The summed E-state index contributed by atoms with van der Waals surface area (Å²) in [6, 6.07) is 16.2. The van der Waals surface area contributed by atoms with E-state index in [0.717, 1.165) is 5.56 Å². The third kappa shape index (κ3) is 5.09. The van der Waals surface area contributed by atoms with Crippen LogP contribution in [0.2, 0.25) is 0 Å². The van der Waals surface area contributed by atoms with Crippen LogP contribution in [0.3, 0.4) is 0 Å². The van der Waals surface area contributed by atoms with Crippen molar-refractivity contribution in [3.63, 3.8) is 0 Å². The summed E-state index contributed by atoms with van der Waals surface area (Å²) in [7, 11) is 1.58. The van der Waals surface area contributed by atoms with E-state index in [1.54, 1.807) is 55.8 Å². The van der Waals surface area contributed by atoms with Gasteiger partial charge in [-0.1, -0.05) is 12.1 Å². The van der Waals surface area contributed by atoms with Crippen LogP contribution in [-0.4, -0.2) is 47.0 Å². The van der Waals surface area contributed by atoms with Gasteiger partial charge in [-0.15, -0.1) is 0 Å². The van der Waals surface area contributed by atoms with E-state index in [1.165, 1.54) is 0 Å². The van der Waals surface area contributed by atoms with Crippen LogP contribution in [0, 0.1) is 0 Å². The van der Waals surface area contributed by atoms with Gasteiger partial charge >= 0.3 is 0 Å². The summed E-state index contributed by atoms with van der Waals surface area (Å²) in [6.45, 7) is 2.28. The lowest BCUT2D eigenvalue weighted by Crippen LogP contribution is -2.28. The first-order valence-electron chi connectivity index (χ1n) is 10.8. The second-order valence-electron chi connectivity index (χ2n) is 7.31. The normalized spacial score (nSPS) is 10.5. The molecule has 0 radical (unpaired) electrons. The van der Waals surface area contributed by atoms with E-state index in [-0.39, 0.29) is 18.4 Å². The molecule has 0 saturated carbocycles. The van der Waals surface area contributed by atoms with Gasteiger partial charge in [-0.3, -0.25) is 14.6 Å². The summed E-state index contributed by atoms with van der Waals surface area (Å²) in [5, 5.41) is 9.31. The molecule has 0 spiro atoms. The van der Waals surface area contributed by atoms with Gasteiger partial charge in [-0.05, 0) is 49.4 Å². The Labute approximate surface area is 196 Å². The van der Waals surface area contributed by atoms with Crippen molar-refractivity contribution in [2.24, 2.45) is 0 Å². The first kappa shape index (κ1) is 22.7. The number of benzene rings is 2. The minimum Gasteiger partial charge on any atom is -0.484 e. The van der Waals surface area contributed by atoms with Gasteiger partial charge in [0.2, 0.25) is 0 Å². The predicted molar refractivity (Wildman–Crippen MR) is 130 cm³/mol. The minimum absolute atomic E-state index is 0.101. The van der Waals surface area contributed by atoms with Crippen LogP contribution < -0.4 is 20.7 Å². The Morgan fingerprint density at radius 2 is 1.88 bits per heavy atom. The highest BCUT2D eigenvalue weighted by Gasteiger charge is 2.15. The van der Waals surface area contributed by atoms with Gasteiger partial charge in [0, 0.05) is 36.9 Å². The summed E-state index contributed by atoms with van der Waals surface area (Å²) < 4.78 is 5.66. The molecule has 2 aromatic heterocycles. The zero-order valence-electron chi connectivity index (χ0n) is 18.8. The number of pyridine rings is 1. The lowest BCUT2D eigenvalue weighted by Gasteiger charge is -2.14. The molecular weight excluding hydrogens is 432 g/mol. The number of ether oxygens (including phenoxy) is 1. The molecule has 0 fully saturated rings. The van der Waals surface area contributed by atoms with Crippen molar-refractivity contribution < 1.29 is 14.3 Å². The molecule has 3 N–H and O–H groups in total.